The zero-order chi connectivity index (χ0) is 25.5. The third kappa shape index (κ3) is 6.95. The first-order chi connectivity index (χ1) is 16.7. The second kappa shape index (κ2) is 11.7. The summed E-state index contributed by atoms with van der Waals surface area (Å²) in [6, 6.07) is 13.1. The van der Waals surface area contributed by atoms with E-state index < -0.39 is 17.8 Å². The number of nitrogens with zero attached hydrogens (tertiary/aromatic N) is 1. The van der Waals surface area contributed by atoms with Gasteiger partial charge in [-0.05, 0) is 54.6 Å². The van der Waals surface area contributed by atoms with E-state index in [0.29, 0.717) is 15.6 Å². The number of ether oxygens (including phenoxy) is 3. The summed E-state index contributed by atoms with van der Waals surface area (Å²) in [5, 5.41) is 4.80. The molecule has 0 spiro atoms. The molecule has 0 saturated heterocycles. The maximum absolute atomic E-state index is 12.7. The van der Waals surface area contributed by atoms with Gasteiger partial charge in [0.2, 0.25) is 0 Å². The van der Waals surface area contributed by atoms with Crippen LogP contribution in [0.3, 0.4) is 0 Å². The van der Waals surface area contributed by atoms with Gasteiger partial charge in [0.25, 0.3) is 5.91 Å². The first kappa shape index (κ1) is 26.0. The number of methoxy groups -OCH3 is 1. The lowest BCUT2D eigenvalue weighted by Crippen LogP contribution is -2.18. The number of hydrazone groups is 1. The minimum Gasteiger partial charge on any atom is -0.493 e. The predicted octanol–water partition coefficient (Wildman–Crippen LogP) is 5.56. The summed E-state index contributed by atoms with van der Waals surface area (Å²) < 4.78 is 15.7. The molecular weight excluding hydrogens is 519 g/mol. The van der Waals surface area contributed by atoms with E-state index in [1.54, 1.807) is 0 Å². The van der Waals surface area contributed by atoms with Gasteiger partial charge in [0.1, 0.15) is 5.75 Å². The van der Waals surface area contributed by atoms with Crippen molar-refractivity contribution >= 4 is 58.9 Å². The molecule has 0 aliphatic carbocycles. The lowest BCUT2D eigenvalue weighted by molar-refractivity contribution is -0.132. The van der Waals surface area contributed by atoms with Gasteiger partial charge in [0, 0.05) is 22.5 Å². The van der Waals surface area contributed by atoms with E-state index in [0.717, 1.165) is 0 Å². The van der Waals surface area contributed by atoms with E-state index in [1.807, 2.05) is 0 Å². The van der Waals surface area contributed by atoms with Gasteiger partial charge in [-0.25, -0.2) is 10.2 Å². The summed E-state index contributed by atoms with van der Waals surface area (Å²) in [6.07, 6.45) is 1.26. The van der Waals surface area contributed by atoms with Crippen molar-refractivity contribution in [2.75, 3.05) is 7.11 Å². The van der Waals surface area contributed by atoms with Crippen molar-refractivity contribution in [2.45, 2.75) is 6.92 Å². The Balaban J connectivity index is 1.77. The Morgan fingerprint density at radius 1 is 0.857 bits per heavy atom. The van der Waals surface area contributed by atoms with Crippen LogP contribution in [0.15, 0.2) is 59.7 Å². The average molecular weight is 536 g/mol. The fourth-order valence-corrected chi connectivity index (χ4v) is 3.47. The van der Waals surface area contributed by atoms with E-state index in [-0.39, 0.29) is 33.4 Å². The summed E-state index contributed by atoms with van der Waals surface area (Å²) in [6.45, 7) is 1.25. The highest BCUT2D eigenvalue weighted by Gasteiger charge is 2.16. The molecule has 35 heavy (non-hydrogen) atoms. The minimum atomic E-state index is -0.716. The molecule has 0 heterocycles. The third-order valence-electron chi connectivity index (χ3n) is 4.37. The van der Waals surface area contributed by atoms with Crippen LogP contribution in [0, 0.1) is 0 Å². The lowest BCUT2D eigenvalue weighted by atomic mass is 10.2. The number of amides is 1. The zero-order valence-corrected chi connectivity index (χ0v) is 20.6. The van der Waals surface area contributed by atoms with Gasteiger partial charge in [0.15, 0.2) is 11.5 Å². The fourth-order valence-electron chi connectivity index (χ4n) is 2.80. The van der Waals surface area contributed by atoms with Crippen molar-refractivity contribution in [1.82, 2.24) is 5.43 Å². The number of nitrogens with one attached hydrogen (secondary N) is 1. The number of hydrogen-bond donors (Lipinski definition) is 1. The number of esters is 2. The standard InChI is InChI=1S/C24H17Cl3N2O6/c1-13(30)34-21-7-3-14(10-22(21)33-2)24(32)35-20-8-5-16(25)9-15(20)12-28-29-23(31)18-6-4-17(26)11-19(18)27/h3-12H,1-2H3,(H,29,31)/b28-12+. The van der Waals surface area contributed by atoms with Crippen molar-refractivity contribution in [1.29, 1.82) is 0 Å². The van der Waals surface area contributed by atoms with Crippen LogP contribution in [0.2, 0.25) is 15.1 Å². The normalized spacial score (nSPS) is 10.7. The van der Waals surface area contributed by atoms with Crippen LogP contribution in [0.5, 0.6) is 17.2 Å². The first-order valence-corrected chi connectivity index (χ1v) is 11.0. The molecule has 1 amide bonds. The Labute approximate surface area is 215 Å². The largest absolute Gasteiger partial charge is 0.493 e. The molecule has 0 aliphatic heterocycles. The zero-order valence-electron chi connectivity index (χ0n) is 18.3. The topological polar surface area (TPSA) is 103 Å². The Kier molecular flexibility index (Phi) is 8.70. The Morgan fingerprint density at radius 2 is 1.54 bits per heavy atom. The molecule has 0 saturated carbocycles. The second-order valence-corrected chi connectivity index (χ2v) is 8.13. The van der Waals surface area contributed by atoms with Crippen LogP contribution >= 0.6 is 34.8 Å². The fraction of sp³-hybridized carbons (Fsp3) is 0.0833. The molecule has 0 unspecified atom stereocenters. The van der Waals surface area contributed by atoms with Gasteiger partial charge < -0.3 is 14.2 Å². The Morgan fingerprint density at radius 3 is 2.23 bits per heavy atom. The van der Waals surface area contributed by atoms with Crippen molar-refractivity contribution in [3.05, 3.63) is 86.4 Å². The van der Waals surface area contributed by atoms with Gasteiger partial charge in [-0.15, -0.1) is 0 Å². The smallest absolute Gasteiger partial charge is 0.343 e. The number of hydrogen-bond acceptors (Lipinski definition) is 7. The molecule has 0 atom stereocenters. The van der Waals surface area contributed by atoms with E-state index in [4.69, 9.17) is 49.0 Å². The lowest BCUT2D eigenvalue weighted by Gasteiger charge is -2.11. The summed E-state index contributed by atoms with van der Waals surface area (Å²) in [4.78, 5) is 36.3. The predicted molar refractivity (Wildman–Crippen MR) is 132 cm³/mol. The molecular formula is C24H17Cl3N2O6. The van der Waals surface area contributed by atoms with E-state index in [1.165, 1.54) is 74.8 Å². The van der Waals surface area contributed by atoms with E-state index >= 15 is 0 Å². The molecule has 0 aliphatic rings. The van der Waals surface area contributed by atoms with Gasteiger partial charge >= 0.3 is 11.9 Å². The molecule has 8 nitrogen and oxygen atoms in total. The molecule has 1 N–H and O–H groups in total. The SMILES string of the molecule is COc1cc(C(=O)Oc2ccc(Cl)cc2/C=N/NC(=O)c2ccc(Cl)cc2Cl)ccc1OC(C)=O. The van der Waals surface area contributed by atoms with Gasteiger partial charge in [-0.3, -0.25) is 9.59 Å². The van der Waals surface area contributed by atoms with Crippen LogP contribution in [0.4, 0.5) is 0 Å². The first-order valence-electron chi connectivity index (χ1n) is 9.84. The van der Waals surface area contributed by atoms with Crippen molar-refractivity contribution in [2.24, 2.45) is 5.10 Å². The average Bonchev–Trinajstić information content (AvgIpc) is 2.80. The van der Waals surface area contributed by atoms with Crippen LogP contribution < -0.4 is 19.6 Å². The molecule has 3 aromatic rings. The number of halogens is 3. The molecule has 11 heteroatoms. The van der Waals surface area contributed by atoms with Gasteiger partial charge in [-0.1, -0.05) is 34.8 Å². The number of rotatable bonds is 7. The highest BCUT2D eigenvalue weighted by Crippen LogP contribution is 2.29. The maximum atomic E-state index is 12.7. The summed E-state index contributed by atoms with van der Waals surface area (Å²) in [7, 11) is 1.37. The maximum Gasteiger partial charge on any atom is 0.343 e. The Bertz CT molecular complexity index is 1330. The molecule has 0 bridgehead atoms. The number of carbonyl (C=O) groups is 3. The van der Waals surface area contributed by atoms with E-state index in [9.17, 15) is 14.4 Å². The summed E-state index contributed by atoms with van der Waals surface area (Å²) in [5.41, 5.74) is 2.97. The van der Waals surface area contributed by atoms with E-state index in [2.05, 4.69) is 10.5 Å². The van der Waals surface area contributed by atoms with Crippen LogP contribution in [-0.2, 0) is 4.79 Å². The molecule has 0 radical (unpaired) electrons. The van der Waals surface area contributed by atoms with Gasteiger partial charge in [0.05, 0.1) is 29.5 Å². The number of carbonyl (C=O) groups excluding carboxylic acids is 3. The minimum absolute atomic E-state index is 0.130. The summed E-state index contributed by atoms with van der Waals surface area (Å²) in [5.74, 6) is -1.35. The highest BCUT2D eigenvalue weighted by atomic mass is 35.5. The van der Waals surface area contributed by atoms with Crippen LogP contribution in [0.1, 0.15) is 33.2 Å². The molecule has 0 aromatic heterocycles. The van der Waals surface area contributed by atoms with Crippen LogP contribution in [-0.4, -0.2) is 31.2 Å². The monoisotopic (exact) mass is 534 g/mol. The van der Waals surface area contributed by atoms with Crippen molar-refractivity contribution in [3.8, 4) is 17.2 Å². The van der Waals surface area contributed by atoms with Gasteiger partial charge in [-0.2, -0.15) is 5.10 Å². The molecule has 3 aromatic carbocycles. The third-order valence-corrected chi connectivity index (χ3v) is 5.16. The molecule has 0 fully saturated rings. The number of benzene rings is 3. The molecule has 3 rings (SSSR count). The van der Waals surface area contributed by atoms with Crippen molar-refractivity contribution in [3.63, 3.8) is 0 Å². The molecule has 180 valence electrons. The quantitative estimate of drug-likeness (QED) is 0.184. The summed E-state index contributed by atoms with van der Waals surface area (Å²) >= 11 is 17.9. The van der Waals surface area contributed by atoms with Crippen molar-refractivity contribution < 1.29 is 28.6 Å². The second-order valence-electron chi connectivity index (χ2n) is 6.85. The Hall–Kier alpha value is -3.59. The highest BCUT2D eigenvalue weighted by molar-refractivity contribution is 6.36. The van der Waals surface area contributed by atoms with Crippen LogP contribution in [0.25, 0.3) is 0 Å².